The fraction of sp³-hybridized carbons (Fsp3) is 0.455. The van der Waals surface area contributed by atoms with Gasteiger partial charge in [0.2, 0.25) is 0 Å². The van der Waals surface area contributed by atoms with E-state index in [9.17, 15) is 8.78 Å². The highest BCUT2D eigenvalue weighted by atomic mass is 79.9. The maximum Gasteiger partial charge on any atom is 0.147 e. The van der Waals surface area contributed by atoms with Crippen molar-refractivity contribution in [3.05, 3.63) is 28.2 Å². The van der Waals surface area contributed by atoms with Gasteiger partial charge in [-0.15, -0.1) is 0 Å². The minimum Gasteiger partial charge on any atom is -0.368 e. The van der Waals surface area contributed by atoms with Crippen molar-refractivity contribution in [2.75, 3.05) is 31.1 Å². The summed E-state index contributed by atoms with van der Waals surface area (Å²) in [5.74, 6) is -0.802. The predicted octanol–water partition coefficient (Wildman–Crippen LogP) is 2.53. The third-order valence-corrected chi connectivity index (χ3v) is 3.28. The van der Waals surface area contributed by atoms with Crippen molar-refractivity contribution in [2.24, 2.45) is 0 Å². The standard InChI is InChI=1S/C11H13BrF2N2/c12-8-6-10(14)11(7-9(8)13)16-4-1-2-15-3-5-16/h6-7,15H,1-5H2. The van der Waals surface area contributed by atoms with E-state index in [0.29, 0.717) is 12.2 Å². The molecule has 0 aliphatic carbocycles. The van der Waals surface area contributed by atoms with Crippen LogP contribution in [0, 0.1) is 11.6 Å². The monoisotopic (exact) mass is 290 g/mol. The summed E-state index contributed by atoms with van der Waals surface area (Å²) in [6, 6.07) is 2.44. The Labute approximate surface area is 102 Å². The molecule has 2 rings (SSSR count). The lowest BCUT2D eigenvalue weighted by Crippen LogP contribution is -2.28. The van der Waals surface area contributed by atoms with Crippen molar-refractivity contribution in [1.29, 1.82) is 0 Å². The van der Waals surface area contributed by atoms with E-state index in [1.54, 1.807) is 0 Å². The molecule has 1 aromatic rings. The SMILES string of the molecule is Fc1cc(N2CCCNCC2)c(F)cc1Br. The number of nitrogens with zero attached hydrogens (tertiary/aromatic N) is 1. The second-order valence-electron chi connectivity index (χ2n) is 3.81. The molecule has 1 N–H and O–H groups in total. The fourth-order valence-electron chi connectivity index (χ4n) is 1.84. The average Bonchev–Trinajstić information content (AvgIpc) is 2.52. The van der Waals surface area contributed by atoms with Gasteiger partial charge in [-0.05, 0) is 35.0 Å². The van der Waals surface area contributed by atoms with E-state index in [4.69, 9.17) is 0 Å². The third-order valence-electron chi connectivity index (χ3n) is 2.67. The summed E-state index contributed by atoms with van der Waals surface area (Å²) >= 11 is 2.97. The van der Waals surface area contributed by atoms with Gasteiger partial charge < -0.3 is 10.2 Å². The van der Waals surface area contributed by atoms with Crippen LogP contribution in [0.2, 0.25) is 0 Å². The van der Waals surface area contributed by atoms with Crippen LogP contribution in [-0.2, 0) is 0 Å². The summed E-state index contributed by atoms with van der Waals surface area (Å²) in [7, 11) is 0. The van der Waals surface area contributed by atoms with Crippen LogP contribution in [0.3, 0.4) is 0 Å². The molecule has 0 saturated carbocycles. The lowest BCUT2D eigenvalue weighted by molar-refractivity contribution is 0.588. The lowest BCUT2D eigenvalue weighted by atomic mass is 10.2. The molecule has 0 unspecified atom stereocenters. The third kappa shape index (κ3) is 2.52. The summed E-state index contributed by atoms with van der Waals surface area (Å²) < 4.78 is 27.2. The van der Waals surface area contributed by atoms with E-state index in [1.165, 1.54) is 12.1 Å². The van der Waals surface area contributed by atoms with Crippen molar-refractivity contribution in [3.63, 3.8) is 0 Å². The van der Waals surface area contributed by atoms with E-state index in [0.717, 1.165) is 26.1 Å². The Bertz CT molecular complexity index is 376. The van der Waals surface area contributed by atoms with Crippen LogP contribution < -0.4 is 10.2 Å². The van der Waals surface area contributed by atoms with Crippen LogP contribution >= 0.6 is 15.9 Å². The first kappa shape index (κ1) is 11.8. The number of hydrogen-bond acceptors (Lipinski definition) is 2. The number of rotatable bonds is 1. The molecule has 0 radical (unpaired) electrons. The Morgan fingerprint density at radius 2 is 1.94 bits per heavy atom. The summed E-state index contributed by atoms with van der Waals surface area (Å²) in [5.41, 5.74) is 0.351. The van der Waals surface area contributed by atoms with Crippen LogP contribution in [0.15, 0.2) is 16.6 Å². The molecule has 1 aliphatic rings. The maximum absolute atomic E-state index is 13.7. The highest BCUT2D eigenvalue weighted by Gasteiger charge is 2.15. The topological polar surface area (TPSA) is 15.3 Å². The quantitative estimate of drug-likeness (QED) is 0.800. The molecule has 1 aliphatic heterocycles. The van der Waals surface area contributed by atoms with Gasteiger partial charge in [0.1, 0.15) is 11.6 Å². The molecule has 16 heavy (non-hydrogen) atoms. The van der Waals surface area contributed by atoms with E-state index < -0.39 is 5.82 Å². The van der Waals surface area contributed by atoms with Crippen LogP contribution in [0.1, 0.15) is 6.42 Å². The van der Waals surface area contributed by atoms with Gasteiger partial charge in [-0.1, -0.05) is 0 Å². The van der Waals surface area contributed by atoms with E-state index in [1.807, 2.05) is 4.90 Å². The first-order valence-electron chi connectivity index (χ1n) is 5.28. The molecular weight excluding hydrogens is 278 g/mol. The second-order valence-corrected chi connectivity index (χ2v) is 4.66. The predicted molar refractivity (Wildman–Crippen MR) is 63.8 cm³/mol. The van der Waals surface area contributed by atoms with Crippen LogP contribution in [0.25, 0.3) is 0 Å². The molecule has 0 amide bonds. The average molecular weight is 291 g/mol. The first-order chi connectivity index (χ1) is 7.68. The van der Waals surface area contributed by atoms with Crippen molar-refractivity contribution in [3.8, 4) is 0 Å². The van der Waals surface area contributed by atoms with Crippen molar-refractivity contribution >= 4 is 21.6 Å². The first-order valence-corrected chi connectivity index (χ1v) is 6.08. The Hall–Kier alpha value is -0.680. The molecule has 0 atom stereocenters. The molecular formula is C11H13BrF2N2. The number of anilines is 1. The zero-order chi connectivity index (χ0) is 11.5. The number of hydrogen-bond donors (Lipinski definition) is 1. The summed E-state index contributed by atoms with van der Waals surface area (Å²) in [6.07, 6.45) is 0.942. The van der Waals surface area contributed by atoms with Gasteiger partial charge in [-0.3, -0.25) is 0 Å². The molecule has 5 heteroatoms. The Morgan fingerprint density at radius 3 is 2.75 bits per heavy atom. The Balaban J connectivity index is 2.27. The summed E-state index contributed by atoms with van der Waals surface area (Å²) in [5, 5.41) is 3.23. The normalized spacial score (nSPS) is 17.3. The van der Waals surface area contributed by atoms with Crippen molar-refractivity contribution in [2.45, 2.75) is 6.42 Å². The minimum atomic E-state index is -0.423. The maximum atomic E-state index is 13.7. The van der Waals surface area contributed by atoms with E-state index >= 15 is 0 Å². The van der Waals surface area contributed by atoms with Crippen molar-refractivity contribution in [1.82, 2.24) is 5.32 Å². The summed E-state index contributed by atoms with van der Waals surface area (Å²) in [4.78, 5) is 1.88. The second kappa shape index (κ2) is 5.10. The lowest BCUT2D eigenvalue weighted by Gasteiger charge is -2.23. The number of halogens is 3. The van der Waals surface area contributed by atoms with Gasteiger partial charge in [0.25, 0.3) is 0 Å². The molecule has 0 bridgehead atoms. The smallest absolute Gasteiger partial charge is 0.147 e. The number of nitrogens with one attached hydrogen (secondary N) is 1. The molecule has 0 spiro atoms. The van der Waals surface area contributed by atoms with Gasteiger partial charge in [0.05, 0.1) is 10.2 Å². The van der Waals surface area contributed by atoms with Crippen LogP contribution in [-0.4, -0.2) is 26.2 Å². The molecule has 1 heterocycles. The van der Waals surface area contributed by atoms with E-state index in [-0.39, 0.29) is 10.3 Å². The zero-order valence-corrected chi connectivity index (χ0v) is 10.4. The van der Waals surface area contributed by atoms with Gasteiger partial charge in [0.15, 0.2) is 0 Å². The van der Waals surface area contributed by atoms with Crippen LogP contribution in [0.4, 0.5) is 14.5 Å². The fourth-order valence-corrected chi connectivity index (χ4v) is 2.16. The van der Waals surface area contributed by atoms with Gasteiger partial charge in [-0.25, -0.2) is 8.78 Å². The van der Waals surface area contributed by atoms with Gasteiger partial charge in [0, 0.05) is 25.7 Å². The van der Waals surface area contributed by atoms with Crippen LogP contribution in [0.5, 0.6) is 0 Å². The highest BCUT2D eigenvalue weighted by molar-refractivity contribution is 9.10. The molecule has 2 nitrogen and oxygen atoms in total. The largest absolute Gasteiger partial charge is 0.368 e. The number of benzene rings is 1. The molecule has 88 valence electrons. The van der Waals surface area contributed by atoms with Crippen molar-refractivity contribution < 1.29 is 8.78 Å². The molecule has 0 aromatic heterocycles. The minimum absolute atomic E-state index is 0.168. The summed E-state index contributed by atoms with van der Waals surface area (Å²) in [6.45, 7) is 3.19. The Morgan fingerprint density at radius 1 is 1.12 bits per heavy atom. The van der Waals surface area contributed by atoms with E-state index in [2.05, 4.69) is 21.2 Å². The zero-order valence-electron chi connectivity index (χ0n) is 8.77. The molecule has 1 fully saturated rings. The molecule has 1 aromatic carbocycles. The molecule has 1 saturated heterocycles. The van der Waals surface area contributed by atoms with Gasteiger partial charge in [-0.2, -0.15) is 0 Å². The van der Waals surface area contributed by atoms with Gasteiger partial charge >= 0.3 is 0 Å². The Kier molecular flexibility index (Phi) is 3.76. The highest BCUT2D eigenvalue weighted by Crippen LogP contribution is 2.26.